The molecule has 1 amide bonds. The molecule has 0 radical (unpaired) electrons. The molecular weight excluding hydrogens is 294 g/mol. The molecule has 21 heavy (non-hydrogen) atoms. The molecular formula is C15H12ClNO4. The molecule has 0 aliphatic rings. The minimum Gasteiger partial charge on any atom is -0.483 e. The third-order valence-electron chi connectivity index (χ3n) is 2.60. The summed E-state index contributed by atoms with van der Waals surface area (Å²) in [7, 11) is 0. The molecule has 0 fully saturated rings. The van der Waals surface area contributed by atoms with Crippen molar-refractivity contribution in [1.29, 1.82) is 0 Å². The van der Waals surface area contributed by atoms with Crippen molar-refractivity contribution in [2.45, 2.75) is 0 Å². The Hall–Kier alpha value is -2.53. The second-order valence-electron chi connectivity index (χ2n) is 4.15. The highest BCUT2D eigenvalue weighted by Gasteiger charge is 2.11. The lowest BCUT2D eigenvalue weighted by molar-refractivity contribution is -0.118. The van der Waals surface area contributed by atoms with Gasteiger partial charge in [-0.15, -0.1) is 0 Å². The van der Waals surface area contributed by atoms with Gasteiger partial charge in [0, 0.05) is 10.7 Å². The summed E-state index contributed by atoms with van der Waals surface area (Å²) in [6, 6.07) is 12.8. The fourth-order valence-corrected chi connectivity index (χ4v) is 1.77. The molecule has 0 unspecified atom stereocenters. The first-order valence-corrected chi connectivity index (χ1v) is 6.44. The van der Waals surface area contributed by atoms with Crippen LogP contribution in [-0.2, 0) is 4.79 Å². The molecule has 0 bridgehead atoms. The second-order valence-corrected chi connectivity index (χ2v) is 4.58. The normalized spacial score (nSPS) is 9.95. The van der Waals surface area contributed by atoms with Crippen molar-refractivity contribution in [3.63, 3.8) is 0 Å². The van der Waals surface area contributed by atoms with Crippen molar-refractivity contribution < 1.29 is 19.4 Å². The summed E-state index contributed by atoms with van der Waals surface area (Å²) < 4.78 is 5.24. The van der Waals surface area contributed by atoms with Crippen LogP contribution < -0.4 is 10.1 Å². The molecule has 2 aromatic carbocycles. The largest absolute Gasteiger partial charge is 0.483 e. The van der Waals surface area contributed by atoms with Crippen LogP contribution in [0.25, 0.3) is 0 Å². The minimum absolute atomic E-state index is 0.0109. The van der Waals surface area contributed by atoms with E-state index in [-0.39, 0.29) is 17.9 Å². The molecule has 0 saturated heterocycles. The van der Waals surface area contributed by atoms with E-state index in [0.717, 1.165) is 0 Å². The van der Waals surface area contributed by atoms with Crippen molar-refractivity contribution in [3.05, 3.63) is 59.1 Å². The number of aromatic carboxylic acids is 1. The first kappa shape index (κ1) is 14.9. The van der Waals surface area contributed by atoms with Crippen LogP contribution in [0.3, 0.4) is 0 Å². The van der Waals surface area contributed by atoms with E-state index in [0.29, 0.717) is 10.7 Å². The first-order chi connectivity index (χ1) is 10.1. The lowest BCUT2D eigenvalue weighted by Crippen LogP contribution is -2.20. The third-order valence-corrected chi connectivity index (χ3v) is 2.86. The molecule has 0 aliphatic heterocycles. The zero-order chi connectivity index (χ0) is 15.2. The highest BCUT2D eigenvalue weighted by atomic mass is 35.5. The van der Waals surface area contributed by atoms with Gasteiger partial charge in [0.2, 0.25) is 0 Å². The van der Waals surface area contributed by atoms with Crippen LogP contribution in [0.1, 0.15) is 10.4 Å². The van der Waals surface area contributed by atoms with E-state index in [2.05, 4.69) is 5.32 Å². The number of hydrogen-bond donors (Lipinski definition) is 2. The Morgan fingerprint density at radius 3 is 2.43 bits per heavy atom. The number of amides is 1. The van der Waals surface area contributed by atoms with Crippen LogP contribution in [-0.4, -0.2) is 23.6 Å². The topological polar surface area (TPSA) is 75.6 Å². The van der Waals surface area contributed by atoms with Crippen LogP contribution in [0.2, 0.25) is 5.02 Å². The van der Waals surface area contributed by atoms with Gasteiger partial charge in [0.15, 0.2) is 6.61 Å². The van der Waals surface area contributed by atoms with Gasteiger partial charge in [-0.1, -0.05) is 23.7 Å². The van der Waals surface area contributed by atoms with Crippen molar-refractivity contribution in [2.24, 2.45) is 0 Å². The summed E-state index contributed by atoms with van der Waals surface area (Å²) in [6.07, 6.45) is 0. The Morgan fingerprint density at radius 2 is 1.76 bits per heavy atom. The van der Waals surface area contributed by atoms with E-state index in [4.69, 9.17) is 21.4 Å². The highest BCUT2D eigenvalue weighted by Crippen LogP contribution is 2.18. The van der Waals surface area contributed by atoms with E-state index < -0.39 is 11.9 Å². The monoisotopic (exact) mass is 305 g/mol. The Bertz CT molecular complexity index is 655. The number of nitrogens with one attached hydrogen (secondary N) is 1. The van der Waals surface area contributed by atoms with Crippen molar-refractivity contribution in [2.75, 3.05) is 11.9 Å². The van der Waals surface area contributed by atoms with Crippen molar-refractivity contribution in [3.8, 4) is 5.75 Å². The maximum Gasteiger partial charge on any atom is 0.339 e. The number of rotatable bonds is 5. The van der Waals surface area contributed by atoms with Crippen LogP contribution >= 0.6 is 11.6 Å². The Kier molecular flexibility index (Phi) is 4.79. The van der Waals surface area contributed by atoms with Crippen LogP contribution in [0, 0.1) is 0 Å². The van der Waals surface area contributed by atoms with E-state index in [1.807, 2.05) is 0 Å². The lowest BCUT2D eigenvalue weighted by Gasteiger charge is -2.09. The molecule has 2 aromatic rings. The van der Waals surface area contributed by atoms with Gasteiger partial charge in [0.1, 0.15) is 11.3 Å². The van der Waals surface area contributed by atoms with Crippen LogP contribution in [0.5, 0.6) is 5.75 Å². The number of halogens is 1. The number of hydrogen-bond acceptors (Lipinski definition) is 3. The van der Waals surface area contributed by atoms with Gasteiger partial charge in [0.25, 0.3) is 5.91 Å². The standard InChI is InChI=1S/C15H12ClNO4/c16-10-5-7-11(8-6-10)17-14(18)9-21-13-4-2-1-3-12(13)15(19)20/h1-8H,9H2,(H,17,18)(H,19,20). The van der Waals surface area contributed by atoms with E-state index >= 15 is 0 Å². The van der Waals surface area contributed by atoms with Crippen molar-refractivity contribution in [1.82, 2.24) is 0 Å². The number of carboxylic acids is 1. The molecule has 5 nitrogen and oxygen atoms in total. The van der Waals surface area contributed by atoms with Gasteiger partial charge >= 0.3 is 5.97 Å². The molecule has 2 N–H and O–H groups in total. The summed E-state index contributed by atoms with van der Waals surface area (Å²) in [5, 5.41) is 12.2. The van der Waals surface area contributed by atoms with Gasteiger partial charge in [-0.25, -0.2) is 4.79 Å². The molecule has 0 saturated carbocycles. The summed E-state index contributed by atoms with van der Waals surface area (Å²) in [6.45, 7) is -0.285. The SMILES string of the molecule is O=C(COc1ccccc1C(=O)O)Nc1ccc(Cl)cc1. The fourth-order valence-electron chi connectivity index (χ4n) is 1.64. The predicted molar refractivity (Wildman–Crippen MR) is 79.0 cm³/mol. The maximum atomic E-state index is 11.7. The Balaban J connectivity index is 1.95. The van der Waals surface area contributed by atoms with Gasteiger partial charge in [-0.3, -0.25) is 4.79 Å². The number of anilines is 1. The average molecular weight is 306 g/mol. The zero-order valence-corrected chi connectivity index (χ0v) is 11.6. The minimum atomic E-state index is -1.11. The highest BCUT2D eigenvalue weighted by molar-refractivity contribution is 6.30. The molecule has 0 heterocycles. The lowest BCUT2D eigenvalue weighted by atomic mass is 10.2. The fraction of sp³-hybridized carbons (Fsp3) is 0.0667. The second kappa shape index (κ2) is 6.76. The predicted octanol–water partition coefficient (Wildman–Crippen LogP) is 3.06. The molecule has 0 spiro atoms. The number of ether oxygens (including phenoxy) is 1. The number of benzene rings is 2. The van der Waals surface area contributed by atoms with Gasteiger partial charge < -0.3 is 15.2 Å². The van der Waals surface area contributed by atoms with Gasteiger partial charge in [-0.2, -0.15) is 0 Å². The number of carbonyl (C=O) groups is 2. The maximum absolute atomic E-state index is 11.7. The third kappa shape index (κ3) is 4.22. The molecule has 6 heteroatoms. The number of para-hydroxylation sites is 1. The molecule has 0 aliphatic carbocycles. The van der Waals surface area contributed by atoms with Crippen LogP contribution in [0.4, 0.5) is 5.69 Å². The Morgan fingerprint density at radius 1 is 1.10 bits per heavy atom. The zero-order valence-electron chi connectivity index (χ0n) is 10.9. The summed E-state index contributed by atoms with van der Waals surface area (Å²) >= 11 is 5.74. The van der Waals surface area contributed by atoms with Crippen LogP contribution in [0.15, 0.2) is 48.5 Å². The molecule has 108 valence electrons. The average Bonchev–Trinajstić information content (AvgIpc) is 2.48. The summed E-state index contributed by atoms with van der Waals surface area (Å²) in [4.78, 5) is 22.7. The van der Waals surface area contributed by atoms with E-state index in [1.165, 1.54) is 12.1 Å². The Labute approximate surface area is 126 Å². The van der Waals surface area contributed by atoms with E-state index in [9.17, 15) is 9.59 Å². The van der Waals surface area contributed by atoms with Gasteiger partial charge in [-0.05, 0) is 36.4 Å². The quantitative estimate of drug-likeness (QED) is 0.890. The molecule has 0 atom stereocenters. The molecule has 0 aromatic heterocycles. The van der Waals surface area contributed by atoms with E-state index in [1.54, 1.807) is 36.4 Å². The summed E-state index contributed by atoms with van der Waals surface area (Å²) in [5.41, 5.74) is 0.594. The number of carbonyl (C=O) groups excluding carboxylic acids is 1. The smallest absolute Gasteiger partial charge is 0.339 e. The van der Waals surface area contributed by atoms with Crippen molar-refractivity contribution >= 4 is 29.2 Å². The first-order valence-electron chi connectivity index (χ1n) is 6.07. The summed E-state index contributed by atoms with van der Waals surface area (Å²) in [5.74, 6) is -1.35. The van der Waals surface area contributed by atoms with Gasteiger partial charge in [0.05, 0.1) is 0 Å². The molecule has 2 rings (SSSR count). The number of carboxylic acid groups (broad SMARTS) is 1.